The molecule has 0 aromatic heterocycles. The Morgan fingerprint density at radius 2 is 2.50 bits per heavy atom. The third kappa shape index (κ3) is 1.46. The van der Waals surface area contributed by atoms with Crippen LogP contribution in [0, 0.1) is 0 Å². The molecule has 1 aliphatic heterocycles. The van der Waals surface area contributed by atoms with Crippen LogP contribution in [0.25, 0.3) is 0 Å². The van der Waals surface area contributed by atoms with Gasteiger partial charge in [0.1, 0.15) is 11.3 Å². The normalized spacial score (nSPS) is 22.8. The van der Waals surface area contributed by atoms with E-state index in [9.17, 15) is 0 Å². The Morgan fingerprint density at radius 1 is 1.80 bits per heavy atom. The Balaban J connectivity index is 2.55. The monoisotopic (exact) mass is 142 g/mol. The van der Waals surface area contributed by atoms with E-state index in [2.05, 4.69) is 10.3 Å². The molecule has 0 spiro atoms. The van der Waals surface area contributed by atoms with Gasteiger partial charge in [0.2, 0.25) is 0 Å². The van der Waals surface area contributed by atoms with E-state index in [0.717, 1.165) is 0 Å². The van der Waals surface area contributed by atoms with Crippen molar-refractivity contribution in [1.29, 1.82) is 0 Å². The van der Waals surface area contributed by atoms with Crippen LogP contribution in [0.1, 0.15) is 20.3 Å². The lowest BCUT2D eigenvalue weighted by Crippen LogP contribution is -2.19. The summed E-state index contributed by atoms with van der Waals surface area (Å²) in [5.74, 6) is 0. The van der Waals surface area contributed by atoms with Gasteiger partial charge in [0.15, 0.2) is 0 Å². The van der Waals surface area contributed by atoms with Crippen LogP contribution in [0.3, 0.4) is 0 Å². The first-order valence-corrected chi connectivity index (χ1v) is 3.06. The molecule has 0 fully saturated rings. The number of hydrogen-bond donors (Lipinski definition) is 1. The second-order valence-electron chi connectivity index (χ2n) is 2.85. The first-order valence-electron chi connectivity index (χ1n) is 3.06. The summed E-state index contributed by atoms with van der Waals surface area (Å²) < 4.78 is 0. The lowest BCUT2D eigenvalue weighted by molar-refractivity contribution is 0.0123. The summed E-state index contributed by atoms with van der Waals surface area (Å²) >= 11 is 0. The maximum absolute atomic E-state index is 8.13. The third-order valence-corrected chi connectivity index (χ3v) is 1.22. The van der Waals surface area contributed by atoms with Gasteiger partial charge in [0.25, 0.3) is 0 Å². The van der Waals surface area contributed by atoms with Gasteiger partial charge in [-0.25, -0.2) is 0 Å². The zero-order valence-corrected chi connectivity index (χ0v) is 6.03. The molecule has 0 saturated carbocycles. The predicted molar refractivity (Wildman–Crippen MR) is 37.5 cm³/mol. The molecule has 1 heterocycles. The van der Waals surface area contributed by atoms with Gasteiger partial charge in [-0.3, -0.25) is 0 Å². The Bertz CT molecular complexity index is 184. The van der Waals surface area contributed by atoms with Crippen LogP contribution in [0.15, 0.2) is 10.3 Å². The van der Waals surface area contributed by atoms with E-state index in [0.29, 0.717) is 12.1 Å². The molecule has 0 unspecified atom stereocenters. The van der Waals surface area contributed by atoms with Gasteiger partial charge in [-0.2, -0.15) is 0 Å². The Morgan fingerprint density at radius 3 is 2.90 bits per heavy atom. The second kappa shape index (κ2) is 2.28. The zero-order valence-electron chi connectivity index (χ0n) is 6.03. The molecule has 0 bridgehead atoms. The summed E-state index contributed by atoms with van der Waals surface area (Å²) in [4.78, 5) is 4.99. The molecule has 0 aliphatic carbocycles. The Labute approximate surface area is 59.2 Å². The Hall–Kier alpha value is -1.06. The summed E-state index contributed by atoms with van der Waals surface area (Å²) in [5.41, 5.74) is 0.434. The van der Waals surface area contributed by atoms with Crippen LogP contribution in [-0.2, 0) is 4.84 Å². The molecule has 0 aromatic carbocycles. The lowest BCUT2D eigenvalue weighted by atomic mass is 10.0. The van der Waals surface area contributed by atoms with Crippen molar-refractivity contribution in [1.82, 2.24) is 0 Å². The molecule has 0 aromatic rings. The van der Waals surface area contributed by atoms with Crippen LogP contribution in [0.4, 0.5) is 0 Å². The molecule has 4 heteroatoms. The van der Waals surface area contributed by atoms with E-state index in [4.69, 9.17) is 10.0 Å². The SMILES string of the molecule is CC1(C)CC(/C=N/O)=NO1. The van der Waals surface area contributed by atoms with Crippen LogP contribution in [-0.4, -0.2) is 22.7 Å². The van der Waals surface area contributed by atoms with Gasteiger partial charge in [0.05, 0.1) is 6.21 Å². The van der Waals surface area contributed by atoms with Crippen molar-refractivity contribution in [2.24, 2.45) is 10.3 Å². The average molecular weight is 142 g/mol. The molecule has 4 nitrogen and oxygen atoms in total. The molecule has 0 radical (unpaired) electrons. The van der Waals surface area contributed by atoms with Crippen LogP contribution in [0.5, 0.6) is 0 Å². The molecular formula is C6H10N2O2. The van der Waals surface area contributed by atoms with Gasteiger partial charge >= 0.3 is 0 Å². The molecule has 0 atom stereocenters. The fourth-order valence-electron chi connectivity index (χ4n) is 0.819. The van der Waals surface area contributed by atoms with Crippen molar-refractivity contribution in [3.05, 3.63) is 0 Å². The molecule has 0 amide bonds. The largest absolute Gasteiger partial charge is 0.411 e. The van der Waals surface area contributed by atoms with Gasteiger partial charge in [-0.05, 0) is 13.8 Å². The van der Waals surface area contributed by atoms with E-state index in [-0.39, 0.29) is 5.60 Å². The molecule has 1 N–H and O–H groups in total. The van der Waals surface area contributed by atoms with Crippen molar-refractivity contribution in [2.75, 3.05) is 0 Å². The zero-order chi connectivity index (χ0) is 7.61. The summed E-state index contributed by atoms with van der Waals surface area (Å²) in [7, 11) is 0. The van der Waals surface area contributed by atoms with Crippen molar-refractivity contribution in [3.8, 4) is 0 Å². The number of oxime groups is 2. The van der Waals surface area contributed by atoms with Gasteiger partial charge in [-0.15, -0.1) is 0 Å². The van der Waals surface area contributed by atoms with E-state index < -0.39 is 0 Å². The molecule has 56 valence electrons. The van der Waals surface area contributed by atoms with Crippen LogP contribution >= 0.6 is 0 Å². The first kappa shape index (κ1) is 7.05. The standard InChI is InChI=1S/C6H10N2O2/c1-6(2)3-5(4-7-9)8-10-6/h4,9H,3H2,1-2H3/b7-4+. The summed E-state index contributed by atoms with van der Waals surface area (Å²) in [6, 6.07) is 0. The molecular weight excluding hydrogens is 132 g/mol. The summed E-state index contributed by atoms with van der Waals surface area (Å²) in [6.07, 6.45) is 1.98. The second-order valence-corrected chi connectivity index (χ2v) is 2.85. The van der Waals surface area contributed by atoms with Crippen LogP contribution in [0.2, 0.25) is 0 Å². The number of hydrogen-bond acceptors (Lipinski definition) is 4. The average Bonchev–Trinajstić information content (AvgIpc) is 2.12. The topological polar surface area (TPSA) is 54.2 Å². The molecule has 1 aliphatic rings. The number of rotatable bonds is 1. The minimum atomic E-state index is -0.240. The molecule has 0 saturated heterocycles. The van der Waals surface area contributed by atoms with Crippen molar-refractivity contribution in [3.63, 3.8) is 0 Å². The highest BCUT2D eigenvalue weighted by Crippen LogP contribution is 2.21. The first-order chi connectivity index (χ1) is 4.64. The fourth-order valence-corrected chi connectivity index (χ4v) is 0.819. The third-order valence-electron chi connectivity index (χ3n) is 1.22. The highest BCUT2D eigenvalue weighted by Gasteiger charge is 2.27. The van der Waals surface area contributed by atoms with Gasteiger partial charge in [0, 0.05) is 6.42 Å². The minimum absolute atomic E-state index is 0.240. The highest BCUT2D eigenvalue weighted by atomic mass is 16.7. The predicted octanol–water partition coefficient (Wildman–Crippen LogP) is 1.00. The molecule has 10 heavy (non-hydrogen) atoms. The van der Waals surface area contributed by atoms with E-state index in [1.807, 2.05) is 13.8 Å². The lowest BCUT2D eigenvalue weighted by Gasteiger charge is -2.12. The summed E-state index contributed by atoms with van der Waals surface area (Å²) in [5, 5.41) is 14.7. The van der Waals surface area contributed by atoms with Crippen molar-refractivity contribution in [2.45, 2.75) is 25.9 Å². The highest BCUT2D eigenvalue weighted by molar-refractivity contribution is 6.30. The Kier molecular flexibility index (Phi) is 1.61. The quantitative estimate of drug-likeness (QED) is 0.337. The van der Waals surface area contributed by atoms with E-state index >= 15 is 0 Å². The van der Waals surface area contributed by atoms with Crippen molar-refractivity contribution < 1.29 is 10.0 Å². The maximum atomic E-state index is 8.13. The maximum Gasteiger partial charge on any atom is 0.137 e. The van der Waals surface area contributed by atoms with E-state index in [1.54, 1.807) is 0 Å². The van der Waals surface area contributed by atoms with E-state index in [1.165, 1.54) is 6.21 Å². The van der Waals surface area contributed by atoms with Crippen molar-refractivity contribution >= 4 is 11.9 Å². The van der Waals surface area contributed by atoms with Gasteiger partial charge < -0.3 is 10.0 Å². The molecule has 1 rings (SSSR count). The van der Waals surface area contributed by atoms with Gasteiger partial charge in [-0.1, -0.05) is 10.3 Å². The smallest absolute Gasteiger partial charge is 0.137 e. The summed E-state index contributed by atoms with van der Waals surface area (Å²) in [6.45, 7) is 3.85. The fraction of sp³-hybridized carbons (Fsp3) is 0.667. The van der Waals surface area contributed by atoms with Crippen LogP contribution < -0.4 is 0 Å². The number of nitrogens with zero attached hydrogens (tertiary/aromatic N) is 2. The minimum Gasteiger partial charge on any atom is -0.411 e.